The van der Waals surface area contributed by atoms with Crippen LogP contribution in [0.15, 0.2) is 0 Å². The van der Waals surface area contributed by atoms with Crippen LogP contribution in [0.5, 0.6) is 0 Å². The number of nitrogens with two attached hydrogens (primary N) is 1. The Labute approximate surface area is 123 Å². The van der Waals surface area contributed by atoms with Crippen molar-refractivity contribution in [3.8, 4) is 0 Å². The molecule has 7 heteroatoms. The predicted molar refractivity (Wildman–Crippen MR) is 73.1 cm³/mol. The molecule has 1 aliphatic carbocycles. The molecule has 0 bridgehead atoms. The Kier molecular flexibility index (Phi) is 4.51. The summed E-state index contributed by atoms with van der Waals surface area (Å²) in [5.74, 6) is -2.02. The molecule has 2 unspecified atom stereocenters. The summed E-state index contributed by atoms with van der Waals surface area (Å²) in [5, 5.41) is 19.1. The van der Waals surface area contributed by atoms with Gasteiger partial charge in [0.15, 0.2) is 0 Å². The van der Waals surface area contributed by atoms with Crippen LogP contribution in [0.2, 0.25) is 0 Å². The number of aliphatic carboxylic acids is 1. The number of hydrogen-bond donors (Lipinski definition) is 3. The molecule has 2 fully saturated rings. The number of aliphatic hydroxyl groups excluding tert-OH is 1. The van der Waals surface area contributed by atoms with Crippen LogP contribution < -0.4 is 5.73 Å². The first kappa shape index (κ1) is 15.8. The lowest BCUT2D eigenvalue weighted by Crippen LogP contribution is -2.47. The summed E-state index contributed by atoms with van der Waals surface area (Å²) < 4.78 is 0. The Balaban J connectivity index is 2.11. The molecular weight excluding hydrogens is 276 g/mol. The summed E-state index contributed by atoms with van der Waals surface area (Å²) in [7, 11) is 0. The van der Waals surface area contributed by atoms with Gasteiger partial charge in [-0.05, 0) is 12.8 Å². The van der Waals surface area contributed by atoms with Gasteiger partial charge in [-0.1, -0.05) is 19.3 Å². The fourth-order valence-corrected chi connectivity index (χ4v) is 3.44. The van der Waals surface area contributed by atoms with Gasteiger partial charge in [0.2, 0.25) is 11.8 Å². The Hall–Kier alpha value is -1.63. The van der Waals surface area contributed by atoms with Crippen LogP contribution in [0.4, 0.5) is 0 Å². The average Bonchev–Trinajstić information content (AvgIpc) is 2.82. The van der Waals surface area contributed by atoms with Crippen LogP contribution in [-0.4, -0.2) is 51.6 Å². The van der Waals surface area contributed by atoms with E-state index in [1.807, 2.05) is 0 Å². The number of carbonyl (C=O) groups is 3. The highest BCUT2D eigenvalue weighted by atomic mass is 16.4. The van der Waals surface area contributed by atoms with E-state index in [4.69, 9.17) is 5.73 Å². The number of nitrogens with zero attached hydrogens (tertiary/aromatic N) is 1. The minimum absolute atomic E-state index is 0.0438. The van der Waals surface area contributed by atoms with Crippen molar-refractivity contribution in [2.75, 3.05) is 6.54 Å². The van der Waals surface area contributed by atoms with Gasteiger partial charge in [-0.15, -0.1) is 0 Å². The zero-order valence-corrected chi connectivity index (χ0v) is 12.0. The van der Waals surface area contributed by atoms with Crippen molar-refractivity contribution >= 4 is 17.8 Å². The molecule has 118 valence electrons. The molecular formula is C14H22N2O5. The maximum Gasteiger partial charge on any atom is 0.310 e. The molecule has 0 radical (unpaired) electrons. The minimum atomic E-state index is -1.04. The summed E-state index contributed by atoms with van der Waals surface area (Å²) in [6.07, 6.45) is 2.74. The third-order valence-corrected chi connectivity index (χ3v) is 4.68. The number of rotatable bonds is 4. The van der Waals surface area contributed by atoms with Gasteiger partial charge in [-0.25, -0.2) is 0 Å². The summed E-state index contributed by atoms with van der Waals surface area (Å²) in [4.78, 5) is 36.6. The maximum atomic E-state index is 12.4. The van der Waals surface area contributed by atoms with E-state index in [1.54, 1.807) is 0 Å². The molecule has 0 aromatic carbocycles. The van der Waals surface area contributed by atoms with Crippen LogP contribution in [0.3, 0.4) is 0 Å². The van der Waals surface area contributed by atoms with Crippen molar-refractivity contribution in [1.82, 2.24) is 4.90 Å². The van der Waals surface area contributed by atoms with E-state index in [0.717, 1.165) is 19.3 Å². The molecule has 2 atom stereocenters. The summed E-state index contributed by atoms with van der Waals surface area (Å²) >= 11 is 0. The van der Waals surface area contributed by atoms with E-state index >= 15 is 0 Å². The number of aliphatic hydroxyl groups is 1. The van der Waals surface area contributed by atoms with Gasteiger partial charge in [0.1, 0.15) is 6.04 Å². The SMILES string of the molecule is NC(=O)C1CC(O)CN1C(=O)CC1(C(=O)O)CCCCC1. The third-order valence-electron chi connectivity index (χ3n) is 4.68. The first-order valence-corrected chi connectivity index (χ1v) is 7.36. The highest BCUT2D eigenvalue weighted by molar-refractivity contribution is 5.90. The number of hydrogen-bond acceptors (Lipinski definition) is 4. The fraction of sp³-hybridized carbons (Fsp3) is 0.786. The molecule has 2 aliphatic rings. The van der Waals surface area contributed by atoms with Gasteiger partial charge in [0.25, 0.3) is 0 Å². The second kappa shape index (κ2) is 6.01. The highest BCUT2D eigenvalue weighted by Gasteiger charge is 2.45. The van der Waals surface area contributed by atoms with Gasteiger partial charge in [-0.3, -0.25) is 14.4 Å². The second-order valence-corrected chi connectivity index (χ2v) is 6.18. The standard InChI is InChI=1S/C14H22N2O5/c15-12(19)10-6-9(17)8-16(10)11(18)7-14(13(20)21)4-2-1-3-5-14/h9-10,17H,1-8H2,(H2,15,19)(H,20,21). The zero-order valence-electron chi connectivity index (χ0n) is 12.0. The van der Waals surface area contributed by atoms with Crippen LogP contribution in [0.25, 0.3) is 0 Å². The second-order valence-electron chi connectivity index (χ2n) is 6.18. The molecule has 1 aliphatic heterocycles. The van der Waals surface area contributed by atoms with Crippen molar-refractivity contribution in [1.29, 1.82) is 0 Å². The fourth-order valence-electron chi connectivity index (χ4n) is 3.44. The normalized spacial score (nSPS) is 28.3. The van der Waals surface area contributed by atoms with Crippen molar-refractivity contribution in [3.05, 3.63) is 0 Å². The molecule has 1 saturated carbocycles. The molecule has 2 amide bonds. The zero-order chi connectivity index (χ0) is 15.6. The van der Waals surface area contributed by atoms with Crippen LogP contribution in [-0.2, 0) is 14.4 Å². The first-order chi connectivity index (χ1) is 9.85. The Morgan fingerprint density at radius 3 is 2.33 bits per heavy atom. The number of carboxylic acids is 1. The van der Waals surface area contributed by atoms with Crippen molar-refractivity contribution < 1.29 is 24.6 Å². The quantitative estimate of drug-likeness (QED) is 0.667. The van der Waals surface area contributed by atoms with Gasteiger partial charge in [0.05, 0.1) is 11.5 Å². The smallest absolute Gasteiger partial charge is 0.310 e. The summed E-state index contributed by atoms with van der Waals surface area (Å²) in [6.45, 7) is 0.0438. The Bertz CT molecular complexity index is 445. The van der Waals surface area contributed by atoms with Crippen molar-refractivity contribution in [2.45, 2.75) is 57.1 Å². The topological polar surface area (TPSA) is 121 Å². The molecule has 4 N–H and O–H groups in total. The Morgan fingerprint density at radius 1 is 1.19 bits per heavy atom. The van der Waals surface area contributed by atoms with Crippen LogP contribution >= 0.6 is 0 Å². The first-order valence-electron chi connectivity index (χ1n) is 7.36. The predicted octanol–water partition coefficient (Wildman–Crippen LogP) is -0.141. The van der Waals surface area contributed by atoms with Gasteiger partial charge >= 0.3 is 5.97 Å². The maximum absolute atomic E-state index is 12.4. The number of primary amides is 1. The number of likely N-dealkylation sites (tertiary alicyclic amines) is 1. The number of β-amino-alcohol motifs (C(OH)–C–C–N with tert-alkyl or cyclic N) is 1. The lowest BCUT2D eigenvalue weighted by atomic mass is 9.71. The van der Waals surface area contributed by atoms with E-state index in [9.17, 15) is 24.6 Å². The molecule has 21 heavy (non-hydrogen) atoms. The summed E-state index contributed by atoms with van der Waals surface area (Å²) in [5.41, 5.74) is 4.22. The van der Waals surface area contributed by atoms with Crippen LogP contribution in [0, 0.1) is 5.41 Å². The van der Waals surface area contributed by atoms with E-state index in [-0.39, 0.29) is 19.4 Å². The number of carbonyl (C=O) groups excluding carboxylic acids is 2. The largest absolute Gasteiger partial charge is 0.481 e. The molecule has 0 spiro atoms. The van der Waals surface area contributed by atoms with Crippen molar-refractivity contribution in [3.63, 3.8) is 0 Å². The van der Waals surface area contributed by atoms with Crippen LogP contribution in [0.1, 0.15) is 44.9 Å². The molecule has 1 saturated heterocycles. The molecule has 7 nitrogen and oxygen atoms in total. The minimum Gasteiger partial charge on any atom is -0.481 e. The van der Waals surface area contributed by atoms with E-state index < -0.39 is 35.3 Å². The van der Waals surface area contributed by atoms with Gasteiger partial charge in [-0.2, -0.15) is 0 Å². The van der Waals surface area contributed by atoms with E-state index in [1.165, 1.54) is 4.90 Å². The number of carboxylic acid groups (broad SMARTS) is 1. The van der Waals surface area contributed by atoms with E-state index in [2.05, 4.69) is 0 Å². The average molecular weight is 298 g/mol. The van der Waals surface area contributed by atoms with Gasteiger partial charge in [0, 0.05) is 19.4 Å². The van der Waals surface area contributed by atoms with E-state index in [0.29, 0.717) is 12.8 Å². The number of amides is 2. The molecule has 0 aromatic heterocycles. The third kappa shape index (κ3) is 3.18. The van der Waals surface area contributed by atoms with Gasteiger partial charge < -0.3 is 20.8 Å². The Morgan fingerprint density at radius 2 is 1.81 bits per heavy atom. The molecule has 0 aromatic rings. The lowest BCUT2D eigenvalue weighted by Gasteiger charge is -2.34. The molecule has 2 rings (SSSR count). The molecule has 1 heterocycles. The van der Waals surface area contributed by atoms with Crippen molar-refractivity contribution in [2.24, 2.45) is 11.1 Å². The monoisotopic (exact) mass is 298 g/mol. The summed E-state index contributed by atoms with van der Waals surface area (Å²) in [6, 6.07) is -0.832. The lowest BCUT2D eigenvalue weighted by molar-refractivity contribution is -0.156. The highest BCUT2D eigenvalue weighted by Crippen LogP contribution is 2.40.